The van der Waals surface area contributed by atoms with Gasteiger partial charge in [-0.1, -0.05) is 0 Å². The van der Waals surface area contributed by atoms with Gasteiger partial charge in [-0.2, -0.15) is 0 Å². The first-order chi connectivity index (χ1) is 13.3. The molecule has 2 amide bonds. The largest absolute Gasteiger partial charge is 0.383 e. The number of amides is 2. The number of carbonyl (C=O) groups excluding carboxylic acids is 2. The number of nitrogens with one attached hydrogen (secondary N) is 3. The van der Waals surface area contributed by atoms with E-state index in [0.717, 1.165) is 19.4 Å². The fraction of sp³-hybridized carbons (Fsp3) is 0.889. The summed E-state index contributed by atoms with van der Waals surface area (Å²) < 4.78 is 20.4. The fourth-order valence-corrected chi connectivity index (χ4v) is 3.19. The van der Waals surface area contributed by atoms with Gasteiger partial charge in [0.05, 0.1) is 19.7 Å². The molecule has 8 nitrogen and oxygen atoms in total. The number of nitrogens with zero attached hydrogens (tertiary/aromatic N) is 2. The third kappa shape index (κ3) is 7.99. The SMILES string of the molecule is [3H]C1CC(CNC)N(CC(=O)NC)C1.[3H]C1CC(COC)N(CC(=O)NC)C1. The van der Waals surface area contributed by atoms with Gasteiger partial charge in [-0.15, -0.1) is 0 Å². The lowest BCUT2D eigenvalue weighted by atomic mass is 10.2. The molecule has 0 spiro atoms. The van der Waals surface area contributed by atoms with Gasteiger partial charge in [0.25, 0.3) is 0 Å². The lowest BCUT2D eigenvalue weighted by Crippen LogP contribution is -2.42. The Morgan fingerprint density at radius 3 is 1.96 bits per heavy atom. The molecular weight excluding hydrogens is 334 g/mol. The van der Waals surface area contributed by atoms with E-state index in [1.807, 2.05) is 11.9 Å². The lowest BCUT2D eigenvalue weighted by Gasteiger charge is -2.22. The highest BCUT2D eigenvalue weighted by atomic mass is 16.5. The molecule has 2 rings (SSSR count). The quantitative estimate of drug-likeness (QED) is 0.518. The molecule has 3 N–H and O–H groups in total. The molecule has 0 aromatic rings. The maximum absolute atomic E-state index is 11.2. The van der Waals surface area contributed by atoms with E-state index in [4.69, 9.17) is 7.48 Å². The Labute approximate surface area is 160 Å². The maximum atomic E-state index is 11.2. The van der Waals surface area contributed by atoms with Crippen LogP contribution in [0.2, 0.25) is 0 Å². The van der Waals surface area contributed by atoms with Crippen LogP contribution in [0.3, 0.4) is 0 Å². The molecule has 2 aliphatic rings. The first-order valence-electron chi connectivity index (χ1n) is 10.4. The second kappa shape index (κ2) is 13.0. The number of carbonyl (C=O) groups is 2. The van der Waals surface area contributed by atoms with Crippen molar-refractivity contribution < 1.29 is 17.1 Å². The lowest BCUT2D eigenvalue weighted by molar-refractivity contribution is -0.122. The van der Waals surface area contributed by atoms with E-state index in [2.05, 4.69) is 20.9 Å². The molecule has 2 saturated heterocycles. The number of hydrogen-bond donors (Lipinski definition) is 3. The van der Waals surface area contributed by atoms with Crippen LogP contribution in [-0.2, 0) is 14.3 Å². The molecule has 0 aromatic carbocycles. The second-order valence-electron chi connectivity index (χ2n) is 6.57. The van der Waals surface area contributed by atoms with Crippen molar-refractivity contribution >= 4 is 11.8 Å². The molecule has 2 heterocycles. The molecule has 0 radical (unpaired) electrons. The smallest absolute Gasteiger partial charge is 0.233 e. The van der Waals surface area contributed by atoms with E-state index in [1.54, 1.807) is 21.2 Å². The average molecular weight is 376 g/mol. The Kier molecular flexibility index (Phi) is 9.79. The number of likely N-dealkylation sites (tertiary alicyclic amines) is 2. The Bertz CT molecular complexity index is 444. The fourth-order valence-electron chi connectivity index (χ4n) is 3.19. The highest BCUT2D eigenvalue weighted by Crippen LogP contribution is 2.16. The highest BCUT2D eigenvalue weighted by Gasteiger charge is 2.26. The first kappa shape index (κ1) is 19.5. The molecular formula is C18H37N5O3. The van der Waals surface area contributed by atoms with Gasteiger partial charge < -0.3 is 20.7 Å². The summed E-state index contributed by atoms with van der Waals surface area (Å²) in [6.07, 6.45) is 1.53. The minimum absolute atomic E-state index is 0.000188. The number of methoxy groups -OCH3 is 1. The summed E-state index contributed by atoms with van der Waals surface area (Å²) in [4.78, 5) is 26.4. The molecule has 0 bridgehead atoms. The highest BCUT2D eigenvalue weighted by molar-refractivity contribution is 5.78. The molecule has 26 heavy (non-hydrogen) atoms. The molecule has 0 aromatic heterocycles. The van der Waals surface area contributed by atoms with Gasteiger partial charge in [-0.25, -0.2) is 0 Å². The minimum Gasteiger partial charge on any atom is -0.383 e. The zero-order valence-electron chi connectivity index (χ0n) is 18.6. The third-order valence-corrected chi connectivity index (χ3v) is 4.69. The normalized spacial score (nSPS) is 30.2. The van der Waals surface area contributed by atoms with Crippen LogP contribution < -0.4 is 16.0 Å². The van der Waals surface area contributed by atoms with Gasteiger partial charge >= 0.3 is 0 Å². The van der Waals surface area contributed by atoms with E-state index < -0.39 is 0 Å². The standard InChI is InChI=1S/C9H19N3O.C9H18N2O2/c1-10-6-8-4-3-5-12(8)7-9(13)11-2;1-10-9(12)6-11-5-3-4-8(11)7-13-2/h8,10H,3-7H2,1-2H3,(H,11,13);8H,3-7H2,1-2H3,(H,10,12)/i2*3T. The Hall–Kier alpha value is -1.22. The number of hydrogen-bond acceptors (Lipinski definition) is 6. The maximum Gasteiger partial charge on any atom is 0.233 e. The summed E-state index contributed by atoms with van der Waals surface area (Å²) in [5, 5.41) is 8.29. The van der Waals surface area contributed by atoms with E-state index in [-0.39, 0.29) is 30.6 Å². The average Bonchev–Trinajstić information content (AvgIpc) is 3.17. The van der Waals surface area contributed by atoms with E-state index in [9.17, 15) is 9.59 Å². The molecule has 0 saturated carbocycles. The number of likely N-dealkylation sites (N-methyl/N-ethyl adjacent to an activating group) is 3. The summed E-state index contributed by atoms with van der Waals surface area (Å²) >= 11 is 0. The van der Waals surface area contributed by atoms with Crippen molar-refractivity contribution in [2.45, 2.75) is 37.7 Å². The van der Waals surface area contributed by atoms with Crippen molar-refractivity contribution in [2.75, 3.05) is 67.6 Å². The second-order valence-corrected chi connectivity index (χ2v) is 6.57. The molecule has 2 fully saturated rings. The van der Waals surface area contributed by atoms with E-state index in [0.29, 0.717) is 38.8 Å². The Morgan fingerprint density at radius 2 is 1.50 bits per heavy atom. The van der Waals surface area contributed by atoms with Crippen LogP contribution in [0.15, 0.2) is 0 Å². The van der Waals surface area contributed by atoms with Crippen molar-refractivity contribution in [3.8, 4) is 0 Å². The summed E-state index contributed by atoms with van der Waals surface area (Å²) in [5.74, 6) is 0.0282. The van der Waals surface area contributed by atoms with Crippen molar-refractivity contribution in [3.63, 3.8) is 0 Å². The van der Waals surface area contributed by atoms with Crippen LogP contribution in [0.25, 0.3) is 0 Å². The van der Waals surface area contributed by atoms with Crippen LogP contribution in [0, 0.1) is 0 Å². The summed E-state index contributed by atoms with van der Waals surface area (Å²) in [6, 6.07) is 0.555. The van der Waals surface area contributed by atoms with Gasteiger partial charge in [0.15, 0.2) is 0 Å². The van der Waals surface area contributed by atoms with Crippen molar-refractivity contribution in [3.05, 3.63) is 0 Å². The van der Waals surface area contributed by atoms with Gasteiger partial charge in [0.1, 0.15) is 0 Å². The summed E-state index contributed by atoms with van der Waals surface area (Å²) in [6.45, 7) is 3.62. The number of rotatable bonds is 8. The Morgan fingerprint density at radius 1 is 1.00 bits per heavy atom. The monoisotopic (exact) mass is 375 g/mol. The summed E-state index contributed by atoms with van der Waals surface area (Å²) in [5.41, 5.74) is 0. The number of ether oxygens (including phenoxy) is 1. The summed E-state index contributed by atoms with van der Waals surface area (Å²) in [7, 11) is 6.82. The van der Waals surface area contributed by atoms with Crippen LogP contribution in [0.5, 0.6) is 0 Å². The van der Waals surface area contributed by atoms with Crippen molar-refractivity contribution in [2.24, 2.45) is 0 Å². The predicted molar refractivity (Wildman–Crippen MR) is 103 cm³/mol. The molecule has 2 aliphatic heterocycles. The third-order valence-electron chi connectivity index (χ3n) is 4.69. The zero-order chi connectivity index (χ0) is 21.1. The zero-order valence-corrected chi connectivity index (χ0v) is 16.6. The molecule has 4 atom stereocenters. The molecule has 0 aliphatic carbocycles. The molecule has 152 valence electrons. The van der Waals surface area contributed by atoms with E-state index in [1.165, 1.54) is 0 Å². The topological polar surface area (TPSA) is 85.9 Å². The molecule has 8 heteroatoms. The van der Waals surface area contributed by atoms with Gasteiger partial charge in [0, 0.05) is 42.6 Å². The minimum atomic E-state index is -0.0835. The van der Waals surface area contributed by atoms with Gasteiger partial charge in [0.2, 0.25) is 11.8 Å². The Balaban J connectivity index is 0.000000280. The van der Waals surface area contributed by atoms with Crippen molar-refractivity contribution in [1.82, 2.24) is 25.8 Å². The van der Waals surface area contributed by atoms with E-state index >= 15 is 0 Å². The van der Waals surface area contributed by atoms with Crippen LogP contribution in [-0.4, -0.2) is 101 Å². The van der Waals surface area contributed by atoms with Crippen LogP contribution >= 0.6 is 0 Å². The molecule has 4 unspecified atom stereocenters. The first-order valence-corrected chi connectivity index (χ1v) is 9.21. The predicted octanol–water partition coefficient (Wildman–Crippen LogP) is -0.741. The van der Waals surface area contributed by atoms with Crippen LogP contribution in [0.4, 0.5) is 0 Å². The van der Waals surface area contributed by atoms with Gasteiger partial charge in [-0.05, 0) is 45.8 Å². The van der Waals surface area contributed by atoms with Crippen LogP contribution in [0.1, 0.15) is 28.4 Å². The van der Waals surface area contributed by atoms with Crippen molar-refractivity contribution in [1.29, 1.82) is 0 Å². The van der Waals surface area contributed by atoms with Gasteiger partial charge in [-0.3, -0.25) is 19.4 Å².